The second-order valence-electron chi connectivity index (χ2n) is 9.60. The number of ether oxygens (including phenoxy) is 1. The number of nitrogens with zero attached hydrogens (tertiary/aromatic N) is 4. The van der Waals surface area contributed by atoms with E-state index in [9.17, 15) is 13.2 Å². The number of nitrogens with one attached hydrogen (secondary N) is 1. The Kier molecular flexibility index (Phi) is 8.25. The number of aryl methyl sites for hydroxylation is 2. The Hall–Kier alpha value is -3.28. The van der Waals surface area contributed by atoms with Gasteiger partial charge in [0.25, 0.3) is 5.91 Å². The van der Waals surface area contributed by atoms with Gasteiger partial charge in [0.05, 0.1) is 57.8 Å². The maximum absolute atomic E-state index is 13.7. The molecule has 208 valence electrons. The number of sulfonamides is 1. The number of hydrogen-bond donors (Lipinski definition) is 1. The van der Waals surface area contributed by atoms with E-state index in [4.69, 9.17) is 27.9 Å². The van der Waals surface area contributed by atoms with E-state index in [1.54, 1.807) is 53.6 Å². The Morgan fingerprint density at radius 3 is 2.52 bits per heavy atom. The fourth-order valence-corrected chi connectivity index (χ4v) is 5.70. The van der Waals surface area contributed by atoms with Crippen molar-refractivity contribution in [2.45, 2.75) is 31.4 Å². The number of carbonyl (C=O) groups excluding carboxylic acids is 1. The molecule has 1 aliphatic heterocycles. The molecular formula is C28H27Cl2N5O4S. The Morgan fingerprint density at radius 2 is 1.77 bits per heavy atom. The molecule has 4 aromatic rings. The maximum Gasteiger partial charge on any atom is 0.256 e. The van der Waals surface area contributed by atoms with E-state index >= 15 is 0 Å². The van der Waals surface area contributed by atoms with E-state index < -0.39 is 10.0 Å². The zero-order valence-electron chi connectivity index (χ0n) is 21.8. The Labute approximate surface area is 242 Å². The van der Waals surface area contributed by atoms with Crippen LogP contribution >= 0.6 is 23.2 Å². The van der Waals surface area contributed by atoms with Crippen LogP contribution in [0, 0.1) is 13.8 Å². The smallest absolute Gasteiger partial charge is 0.256 e. The van der Waals surface area contributed by atoms with Crippen LogP contribution in [0.25, 0.3) is 5.69 Å². The van der Waals surface area contributed by atoms with Crippen LogP contribution < -0.4 is 4.72 Å². The van der Waals surface area contributed by atoms with Crippen LogP contribution in [0.3, 0.4) is 0 Å². The molecule has 1 amide bonds. The van der Waals surface area contributed by atoms with E-state index in [2.05, 4.69) is 15.0 Å². The first-order valence-corrected chi connectivity index (χ1v) is 14.8. The van der Waals surface area contributed by atoms with Crippen molar-refractivity contribution in [3.63, 3.8) is 0 Å². The molecule has 0 bridgehead atoms. The van der Waals surface area contributed by atoms with E-state index in [1.165, 1.54) is 4.68 Å². The number of rotatable bonds is 7. The zero-order valence-corrected chi connectivity index (χ0v) is 24.2. The molecule has 3 aromatic carbocycles. The van der Waals surface area contributed by atoms with E-state index in [0.717, 1.165) is 16.7 Å². The molecule has 1 aromatic heterocycles. The monoisotopic (exact) mass is 599 g/mol. The molecule has 1 fully saturated rings. The molecule has 1 N–H and O–H groups in total. The molecule has 1 unspecified atom stereocenters. The lowest BCUT2D eigenvalue weighted by Gasteiger charge is -2.33. The Morgan fingerprint density at radius 1 is 1.02 bits per heavy atom. The third-order valence-corrected chi connectivity index (χ3v) is 8.77. The van der Waals surface area contributed by atoms with Crippen LogP contribution in [-0.4, -0.2) is 53.9 Å². The second-order valence-corrected chi connectivity index (χ2v) is 12.2. The molecular weight excluding hydrogens is 573 g/mol. The van der Waals surface area contributed by atoms with Crippen LogP contribution in [0.1, 0.15) is 38.8 Å². The first kappa shape index (κ1) is 28.3. The van der Waals surface area contributed by atoms with Crippen molar-refractivity contribution in [3.05, 3.63) is 105 Å². The van der Waals surface area contributed by atoms with Gasteiger partial charge in [-0.15, -0.1) is 5.10 Å². The van der Waals surface area contributed by atoms with Gasteiger partial charge in [-0.3, -0.25) is 4.79 Å². The molecule has 9 nitrogen and oxygen atoms in total. The summed E-state index contributed by atoms with van der Waals surface area (Å²) in [6.45, 7) is 4.88. The molecule has 1 atom stereocenters. The summed E-state index contributed by atoms with van der Waals surface area (Å²) in [6, 6.07) is 17.4. The van der Waals surface area contributed by atoms with Gasteiger partial charge in [-0.25, -0.2) is 17.8 Å². The molecule has 2 heterocycles. The molecule has 1 saturated heterocycles. The lowest BCUT2D eigenvalue weighted by molar-refractivity contribution is -0.0228. The Balaban J connectivity index is 1.34. The molecule has 0 aliphatic carbocycles. The molecule has 0 saturated carbocycles. The molecule has 5 rings (SSSR count). The van der Waals surface area contributed by atoms with Gasteiger partial charge in [-0.05, 0) is 61.4 Å². The summed E-state index contributed by atoms with van der Waals surface area (Å²) in [7, 11) is -3.72. The van der Waals surface area contributed by atoms with E-state index in [-0.39, 0.29) is 23.5 Å². The maximum atomic E-state index is 13.7. The van der Waals surface area contributed by atoms with Crippen molar-refractivity contribution in [3.8, 4) is 5.69 Å². The quantitative estimate of drug-likeness (QED) is 0.324. The molecule has 0 radical (unpaired) electrons. The third-order valence-electron chi connectivity index (χ3n) is 6.61. The van der Waals surface area contributed by atoms with Crippen LogP contribution in [0.15, 0.2) is 71.8 Å². The SMILES string of the molecule is Cc1ccc(S(=O)(=O)NCc2cn(-c3cc(C)ccc3C(=O)N3CCOC(c4ccc(Cl)c(Cl)c4)C3)nn2)cc1. The highest BCUT2D eigenvalue weighted by molar-refractivity contribution is 7.89. The van der Waals surface area contributed by atoms with Gasteiger partial charge in [0.2, 0.25) is 10.0 Å². The summed E-state index contributed by atoms with van der Waals surface area (Å²) in [5.41, 5.74) is 4.12. The van der Waals surface area contributed by atoms with Crippen molar-refractivity contribution in [2.75, 3.05) is 19.7 Å². The summed E-state index contributed by atoms with van der Waals surface area (Å²) in [4.78, 5) is 15.6. The topological polar surface area (TPSA) is 106 Å². The number of aromatic nitrogens is 3. The number of amides is 1. The average molecular weight is 601 g/mol. The van der Waals surface area contributed by atoms with Crippen LogP contribution in [0.4, 0.5) is 0 Å². The molecule has 1 aliphatic rings. The van der Waals surface area contributed by atoms with Gasteiger partial charge < -0.3 is 9.64 Å². The van der Waals surface area contributed by atoms with Gasteiger partial charge in [-0.2, -0.15) is 0 Å². The molecule has 12 heteroatoms. The first-order valence-electron chi connectivity index (χ1n) is 12.5. The predicted molar refractivity (Wildman–Crippen MR) is 152 cm³/mol. The number of halogens is 2. The molecule has 40 heavy (non-hydrogen) atoms. The first-order chi connectivity index (χ1) is 19.1. The van der Waals surface area contributed by atoms with Crippen LogP contribution in [0.2, 0.25) is 10.0 Å². The van der Waals surface area contributed by atoms with E-state index in [0.29, 0.717) is 46.7 Å². The summed E-state index contributed by atoms with van der Waals surface area (Å²) < 4.78 is 35.3. The third kappa shape index (κ3) is 6.21. The zero-order chi connectivity index (χ0) is 28.4. The average Bonchev–Trinajstić information content (AvgIpc) is 3.42. The normalized spacial score (nSPS) is 15.8. The van der Waals surface area contributed by atoms with Crippen LogP contribution in [0.5, 0.6) is 0 Å². The lowest BCUT2D eigenvalue weighted by atomic mass is 10.1. The number of benzene rings is 3. The number of carbonyl (C=O) groups is 1. The van der Waals surface area contributed by atoms with Crippen molar-refractivity contribution >= 4 is 39.1 Å². The fourth-order valence-electron chi connectivity index (χ4n) is 4.40. The minimum atomic E-state index is -3.72. The van der Waals surface area contributed by atoms with Gasteiger partial charge in [0.15, 0.2) is 0 Å². The summed E-state index contributed by atoms with van der Waals surface area (Å²) in [6.07, 6.45) is 1.27. The predicted octanol–water partition coefficient (Wildman–Crippen LogP) is 4.88. The highest BCUT2D eigenvalue weighted by Gasteiger charge is 2.28. The minimum absolute atomic E-state index is 0.0555. The van der Waals surface area contributed by atoms with Crippen molar-refractivity contribution in [1.29, 1.82) is 0 Å². The van der Waals surface area contributed by atoms with Gasteiger partial charge >= 0.3 is 0 Å². The molecule has 0 spiro atoms. The van der Waals surface area contributed by atoms with Crippen molar-refractivity contribution < 1.29 is 17.9 Å². The van der Waals surface area contributed by atoms with Gasteiger partial charge in [-0.1, -0.05) is 58.2 Å². The largest absolute Gasteiger partial charge is 0.370 e. The number of morpholine rings is 1. The van der Waals surface area contributed by atoms with Gasteiger partial charge in [0.1, 0.15) is 6.10 Å². The highest BCUT2D eigenvalue weighted by Crippen LogP contribution is 2.30. The Bertz CT molecular complexity index is 1660. The van der Waals surface area contributed by atoms with Crippen LogP contribution in [-0.2, 0) is 21.3 Å². The standard InChI is InChI=1S/C28H27Cl2N5O4S/c1-18-3-7-22(8-4-18)40(37,38)31-15-21-16-35(33-32-21)26-13-19(2)5-9-23(26)28(36)34-11-12-39-27(17-34)20-6-10-24(29)25(30)14-20/h3-10,13-14,16,27,31H,11-12,15,17H2,1-2H3. The highest BCUT2D eigenvalue weighted by atomic mass is 35.5. The second kappa shape index (κ2) is 11.7. The summed E-state index contributed by atoms with van der Waals surface area (Å²) in [5, 5.41) is 9.20. The van der Waals surface area contributed by atoms with Crippen molar-refractivity contribution in [1.82, 2.24) is 24.6 Å². The van der Waals surface area contributed by atoms with E-state index in [1.807, 2.05) is 32.0 Å². The minimum Gasteiger partial charge on any atom is -0.370 e. The summed E-state index contributed by atoms with van der Waals surface area (Å²) in [5.74, 6) is -0.180. The van der Waals surface area contributed by atoms with Gasteiger partial charge in [0, 0.05) is 6.54 Å². The lowest BCUT2D eigenvalue weighted by Crippen LogP contribution is -2.42. The summed E-state index contributed by atoms with van der Waals surface area (Å²) >= 11 is 12.3. The van der Waals surface area contributed by atoms with Crippen molar-refractivity contribution in [2.24, 2.45) is 0 Å². The fraction of sp³-hybridized carbons (Fsp3) is 0.250. The number of hydrogen-bond acceptors (Lipinski definition) is 6.